The maximum Gasteiger partial charge on any atom is 0.254 e. The van der Waals surface area contributed by atoms with Crippen LogP contribution in [0.1, 0.15) is 49.7 Å². The molecule has 0 saturated heterocycles. The van der Waals surface area contributed by atoms with Gasteiger partial charge in [-0.1, -0.05) is 13.8 Å². The maximum absolute atomic E-state index is 13.1. The van der Waals surface area contributed by atoms with E-state index >= 15 is 0 Å². The van der Waals surface area contributed by atoms with Crippen LogP contribution in [0, 0.1) is 11.7 Å². The zero-order valence-electron chi connectivity index (χ0n) is 17.9. The largest absolute Gasteiger partial charge is 0.353 e. The fraction of sp³-hybridized carbons (Fsp3) is 0.455. The van der Waals surface area contributed by atoms with Crippen LogP contribution in [0.3, 0.4) is 0 Å². The zero-order chi connectivity index (χ0) is 22.5. The lowest BCUT2D eigenvalue weighted by atomic mass is 10.1. The van der Waals surface area contributed by atoms with E-state index in [1.807, 2.05) is 20.8 Å². The molecule has 2 N–H and O–H groups in total. The number of halogens is 1. The summed E-state index contributed by atoms with van der Waals surface area (Å²) < 4.78 is 13.1. The van der Waals surface area contributed by atoms with Crippen molar-refractivity contribution < 1.29 is 18.8 Å². The minimum Gasteiger partial charge on any atom is -0.353 e. The summed E-state index contributed by atoms with van der Waals surface area (Å²) in [6.45, 7) is 5.91. The van der Waals surface area contributed by atoms with Crippen molar-refractivity contribution in [2.24, 2.45) is 5.92 Å². The summed E-state index contributed by atoms with van der Waals surface area (Å²) in [6.07, 6.45) is 1.82. The van der Waals surface area contributed by atoms with Crippen molar-refractivity contribution in [2.75, 3.05) is 11.9 Å². The van der Waals surface area contributed by atoms with Gasteiger partial charge >= 0.3 is 0 Å². The third kappa shape index (κ3) is 6.58. The number of hydrogen-bond acceptors (Lipinski definition) is 5. The summed E-state index contributed by atoms with van der Waals surface area (Å²) in [5, 5.41) is 7.75. The average molecular weight is 447 g/mol. The van der Waals surface area contributed by atoms with Crippen molar-refractivity contribution >= 4 is 34.2 Å². The average Bonchev–Trinajstić information content (AvgIpc) is 3.47. The molecule has 9 heteroatoms. The highest BCUT2D eigenvalue weighted by Crippen LogP contribution is 2.28. The maximum atomic E-state index is 13.1. The monoisotopic (exact) mass is 446 g/mol. The number of benzene rings is 1. The fourth-order valence-electron chi connectivity index (χ4n) is 2.91. The molecule has 1 atom stereocenters. The number of amides is 3. The van der Waals surface area contributed by atoms with Gasteiger partial charge in [0.05, 0.1) is 12.1 Å². The van der Waals surface area contributed by atoms with Crippen molar-refractivity contribution in [2.45, 2.75) is 52.1 Å². The number of carbonyl (C=O) groups is 3. The van der Waals surface area contributed by atoms with E-state index in [0.717, 1.165) is 12.8 Å². The molecule has 1 fully saturated rings. The zero-order valence-corrected chi connectivity index (χ0v) is 18.7. The lowest BCUT2D eigenvalue weighted by Crippen LogP contribution is -2.39. The summed E-state index contributed by atoms with van der Waals surface area (Å²) in [5.74, 6) is -0.857. The molecule has 3 amide bonds. The highest BCUT2D eigenvalue weighted by Gasteiger charge is 2.34. The molecule has 1 aliphatic carbocycles. The van der Waals surface area contributed by atoms with Gasteiger partial charge in [0, 0.05) is 23.0 Å². The highest BCUT2D eigenvalue weighted by atomic mass is 32.1. The Morgan fingerprint density at radius 3 is 2.45 bits per heavy atom. The summed E-state index contributed by atoms with van der Waals surface area (Å²) in [7, 11) is 0. The van der Waals surface area contributed by atoms with Crippen molar-refractivity contribution in [1.82, 2.24) is 15.2 Å². The number of hydrogen-bond donors (Lipinski definition) is 2. The smallest absolute Gasteiger partial charge is 0.254 e. The molecule has 3 rings (SSSR count). The van der Waals surface area contributed by atoms with Gasteiger partial charge in [0.25, 0.3) is 5.91 Å². The number of nitrogens with zero attached hydrogens (tertiary/aromatic N) is 2. The molecule has 0 bridgehead atoms. The molecule has 1 aromatic carbocycles. The molecular formula is C22H27FN4O3S. The first-order valence-corrected chi connectivity index (χ1v) is 11.2. The number of rotatable bonds is 9. The Labute approximate surface area is 185 Å². The minimum atomic E-state index is -0.417. The molecule has 1 aromatic heterocycles. The van der Waals surface area contributed by atoms with Gasteiger partial charge < -0.3 is 15.5 Å². The molecule has 0 spiro atoms. The highest BCUT2D eigenvalue weighted by molar-refractivity contribution is 7.13. The van der Waals surface area contributed by atoms with Crippen LogP contribution < -0.4 is 10.6 Å². The van der Waals surface area contributed by atoms with Crippen LogP contribution in [0.15, 0.2) is 29.6 Å². The van der Waals surface area contributed by atoms with Crippen molar-refractivity contribution in [3.63, 3.8) is 0 Å². The predicted molar refractivity (Wildman–Crippen MR) is 117 cm³/mol. The number of thiazole rings is 1. The molecular weight excluding hydrogens is 419 g/mol. The van der Waals surface area contributed by atoms with Crippen LogP contribution in [0.25, 0.3) is 0 Å². The van der Waals surface area contributed by atoms with E-state index in [0.29, 0.717) is 22.3 Å². The van der Waals surface area contributed by atoms with Crippen molar-refractivity contribution in [1.29, 1.82) is 0 Å². The second-order valence-corrected chi connectivity index (χ2v) is 9.00. The Morgan fingerprint density at radius 1 is 1.16 bits per heavy atom. The Balaban J connectivity index is 1.55. The molecule has 1 heterocycles. The Kier molecular flexibility index (Phi) is 7.37. The summed E-state index contributed by atoms with van der Waals surface area (Å²) >= 11 is 1.23. The summed E-state index contributed by atoms with van der Waals surface area (Å²) in [5.41, 5.74) is 0.925. The topological polar surface area (TPSA) is 91.4 Å². The first-order valence-electron chi connectivity index (χ1n) is 10.3. The van der Waals surface area contributed by atoms with E-state index < -0.39 is 5.82 Å². The first-order chi connectivity index (χ1) is 14.7. The quantitative estimate of drug-likeness (QED) is 0.619. The number of nitrogens with one attached hydrogen (secondary N) is 2. The summed E-state index contributed by atoms with van der Waals surface area (Å²) in [4.78, 5) is 43.2. The van der Waals surface area contributed by atoms with Gasteiger partial charge in [0.15, 0.2) is 5.13 Å². The van der Waals surface area contributed by atoms with Gasteiger partial charge in [-0.2, -0.15) is 0 Å². The predicted octanol–water partition coefficient (Wildman–Crippen LogP) is 3.23. The number of anilines is 1. The molecule has 0 aliphatic heterocycles. The third-order valence-electron chi connectivity index (χ3n) is 5.18. The summed E-state index contributed by atoms with van der Waals surface area (Å²) in [6, 6.07) is 5.38. The Hall–Kier alpha value is -2.81. The molecule has 166 valence electrons. The van der Waals surface area contributed by atoms with Crippen LogP contribution in [-0.2, 0) is 16.0 Å². The van der Waals surface area contributed by atoms with Crippen LogP contribution in [0.2, 0.25) is 0 Å². The first kappa shape index (κ1) is 22.9. The molecule has 1 aliphatic rings. The lowest BCUT2D eigenvalue weighted by molar-refractivity contribution is -0.121. The number of aromatic nitrogens is 1. The van der Waals surface area contributed by atoms with Gasteiger partial charge in [0.1, 0.15) is 12.4 Å². The Morgan fingerprint density at radius 2 is 1.84 bits per heavy atom. The van der Waals surface area contributed by atoms with Crippen LogP contribution >= 0.6 is 11.3 Å². The third-order valence-corrected chi connectivity index (χ3v) is 5.99. The second-order valence-electron chi connectivity index (χ2n) is 8.14. The van der Waals surface area contributed by atoms with Crippen LogP contribution in [0.4, 0.5) is 9.52 Å². The molecule has 1 saturated carbocycles. The van der Waals surface area contributed by atoms with Crippen molar-refractivity contribution in [3.05, 3.63) is 46.7 Å². The van der Waals surface area contributed by atoms with E-state index in [4.69, 9.17) is 0 Å². The van der Waals surface area contributed by atoms with E-state index in [9.17, 15) is 18.8 Å². The van der Waals surface area contributed by atoms with E-state index in [-0.39, 0.29) is 42.8 Å². The fourth-order valence-corrected chi connectivity index (χ4v) is 3.63. The second kappa shape index (κ2) is 10.00. The number of carbonyl (C=O) groups excluding carboxylic acids is 3. The van der Waals surface area contributed by atoms with E-state index in [1.54, 1.807) is 5.38 Å². The standard InChI is InChI=1S/C22H27FN4O3S/c1-13(2)14(3)24-19(28)10-17-12-31-22(25-17)26-20(29)11-27(18-8-9-18)21(30)15-4-6-16(23)7-5-15/h4-7,12-14,18H,8-11H2,1-3H3,(H,24,28)(H,25,26,29). The molecule has 31 heavy (non-hydrogen) atoms. The van der Waals surface area contributed by atoms with Gasteiger partial charge in [-0.05, 0) is 49.9 Å². The molecule has 7 nitrogen and oxygen atoms in total. The molecule has 2 aromatic rings. The van der Waals surface area contributed by atoms with Crippen LogP contribution in [-0.4, -0.2) is 46.2 Å². The van der Waals surface area contributed by atoms with Gasteiger partial charge in [-0.25, -0.2) is 9.37 Å². The minimum absolute atomic E-state index is 0.0156. The lowest BCUT2D eigenvalue weighted by Gasteiger charge is -2.21. The Bertz CT molecular complexity index is 940. The van der Waals surface area contributed by atoms with E-state index in [1.165, 1.54) is 40.5 Å². The van der Waals surface area contributed by atoms with Gasteiger partial charge in [0.2, 0.25) is 11.8 Å². The van der Waals surface area contributed by atoms with E-state index in [2.05, 4.69) is 15.6 Å². The normalized spacial score (nSPS) is 14.2. The van der Waals surface area contributed by atoms with Gasteiger partial charge in [-0.15, -0.1) is 11.3 Å². The molecule has 0 radical (unpaired) electrons. The van der Waals surface area contributed by atoms with Crippen LogP contribution in [0.5, 0.6) is 0 Å². The van der Waals surface area contributed by atoms with Crippen molar-refractivity contribution in [3.8, 4) is 0 Å². The SMILES string of the molecule is CC(C)C(C)NC(=O)Cc1csc(NC(=O)CN(C(=O)c2ccc(F)cc2)C2CC2)n1. The molecule has 1 unspecified atom stereocenters. The van der Waals surface area contributed by atoms with Gasteiger partial charge in [-0.3, -0.25) is 14.4 Å².